The lowest BCUT2D eigenvalue weighted by Gasteiger charge is -2.16. The highest BCUT2D eigenvalue weighted by Gasteiger charge is 2.23. The maximum atomic E-state index is 13.6. The van der Waals surface area contributed by atoms with Crippen LogP contribution in [0, 0.1) is 0 Å². The summed E-state index contributed by atoms with van der Waals surface area (Å²) < 4.78 is 22.2. The molecule has 0 saturated heterocycles. The lowest BCUT2D eigenvalue weighted by Crippen LogP contribution is -2.16. The van der Waals surface area contributed by atoms with E-state index in [1.165, 1.54) is 27.4 Å². The lowest BCUT2D eigenvalue weighted by atomic mass is 10.0. The SMILES string of the molecule is COc1cc(-c2c(NC(=O)c3ccccc3)oc3ccc(Cl)cc3c2=O)cc(OC)c1OC. The number of ether oxygens (including phenoxy) is 3. The Labute approximate surface area is 194 Å². The van der Waals surface area contributed by atoms with Crippen molar-refractivity contribution in [1.29, 1.82) is 0 Å². The summed E-state index contributed by atoms with van der Waals surface area (Å²) in [6.07, 6.45) is 0. The minimum Gasteiger partial charge on any atom is -0.493 e. The van der Waals surface area contributed by atoms with E-state index in [0.717, 1.165) is 0 Å². The van der Waals surface area contributed by atoms with Gasteiger partial charge in [0.05, 0.1) is 32.3 Å². The van der Waals surface area contributed by atoms with Crippen molar-refractivity contribution in [3.8, 4) is 28.4 Å². The average molecular weight is 466 g/mol. The molecule has 0 unspecified atom stereocenters. The van der Waals surface area contributed by atoms with Gasteiger partial charge in [0.15, 0.2) is 11.5 Å². The Morgan fingerprint density at radius 2 is 1.58 bits per heavy atom. The summed E-state index contributed by atoms with van der Waals surface area (Å²) in [6, 6.07) is 16.5. The Morgan fingerprint density at radius 3 is 2.18 bits per heavy atom. The molecule has 1 heterocycles. The highest BCUT2D eigenvalue weighted by molar-refractivity contribution is 6.31. The molecule has 33 heavy (non-hydrogen) atoms. The molecular formula is C25H20ClNO6. The third-order valence-electron chi connectivity index (χ3n) is 5.07. The molecule has 0 saturated carbocycles. The number of methoxy groups -OCH3 is 3. The molecule has 0 fully saturated rings. The first kappa shape index (κ1) is 22.2. The summed E-state index contributed by atoms with van der Waals surface area (Å²) in [5.74, 6) is 0.612. The molecule has 0 aliphatic rings. The van der Waals surface area contributed by atoms with Crippen LogP contribution in [0.5, 0.6) is 17.2 Å². The monoisotopic (exact) mass is 465 g/mol. The summed E-state index contributed by atoms with van der Waals surface area (Å²) >= 11 is 6.12. The Balaban J connectivity index is 1.98. The molecule has 0 aliphatic heterocycles. The van der Waals surface area contributed by atoms with Crippen LogP contribution in [-0.4, -0.2) is 27.2 Å². The fraction of sp³-hybridized carbons (Fsp3) is 0.120. The summed E-state index contributed by atoms with van der Waals surface area (Å²) in [6.45, 7) is 0. The van der Waals surface area contributed by atoms with Crippen molar-refractivity contribution in [3.63, 3.8) is 0 Å². The van der Waals surface area contributed by atoms with Crippen LogP contribution in [0.2, 0.25) is 5.02 Å². The molecule has 0 atom stereocenters. The van der Waals surface area contributed by atoms with E-state index in [9.17, 15) is 9.59 Å². The molecule has 1 aromatic heterocycles. The maximum Gasteiger partial charge on any atom is 0.257 e. The van der Waals surface area contributed by atoms with E-state index in [2.05, 4.69) is 5.32 Å². The van der Waals surface area contributed by atoms with Gasteiger partial charge in [0.1, 0.15) is 5.58 Å². The smallest absolute Gasteiger partial charge is 0.257 e. The minimum atomic E-state index is -0.430. The van der Waals surface area contributed by atoms with E-state index in [1.807, 2.05) is 0 Å². The van der Waals surface area contributed by atoms with Gasteiger partial charge >= 0.3 is 0 Å². The Bertz CT molecular complexity index is 1370. The van der Waals surface area contributed by atoms with Crippen LogP contribution < -0.4 is 25.0 Å². The number of rotatable bonds is 6. The summed E-state index contributed by atoms with van der Waals surface area (Å²) in [5.41, 5.74) is 0.837. The summed E-state index contributed by atoms with van der Waals surface area (Å²) in [4.78, 5) is 26.5. The number of benzene rings is 3. The van der Waals surface area contributed by atoms with Crippen LogP contribution in [0.1, 0.15) is 10.4 Å². The molecule has 4 aromatic rings. The minimum absolute atomic E-state index is 0.0158. The number of nitrogens with one attached hydrogen (secondary N) is 1. The molecule has 168 valence electrons. The number of anilines is 1. The number of hydrogen-bond acceptors (Lipinski definition) is 6. The van der Waals surface area contributed by atoms with Crippen LogP contribution >= 0.6 is 11.6 Å². The molecule has 0 aliphatic carbocycles. The maximum absolute atomic E-state index is 13.6. The zero-order valence-corrected chi connectivity index (χ0v) is 18.9. The van der Waals surface area contributed by atoms with Gasteiger partial charge in [-0.15, -0.1) is 0 Å². The van der Waals surface area contributed by atoms with Crippen LogP contribution in [0.3, 0.4) is 0 Å². The predicted octanol–water partition coefficient (Wildman–Crippen LogP) is 5.39. The van der Waals surface area contributed by atoms with Gasteiger partial charge in [0.25, 0.3) is 5.91 Å². The van der Waals surface area contributed by atoms with Crippen LogP contribution in [0.4, 0.5) is 5.88 Å². The predicted molar refractivity (Wildman–Crippen MR) is 127 cm³/mol. The van der Waals surface area contributed by atoms with Crippen molar-refractivity contribution < 1.29 is 23.4 Å². The van der Waals surface area contributed by atoms with Crippen molar-refractivity contribution in [1.82, 2.24) is 0 Å². The summed E-state index contributed by atoms with van der Waals surface area (Å²) in [5, 5.41) is 3.37. The van der Waals surface area contributed by atoms with Gasteiger partial charge in [-0.1, -0.05) is 29.8 Å². The van der Waals surface area contributed by atoms with E-state index in [4.69, 9.17) is 30.2 Å². The van der Waals surface area contributed by atoms with Crippen LogP contribution in [0.25, 0.3) is 22.1 Å². The zero-order chi connectivity index (χ0) is 23.5. The molecule has 3 aromatic carbocycles. The molecule has 4 rings (SSSR count). The first-order valence-electron chi connectivity index (χ1n) is 9.90. The Morgan fingerprint density at radius 1 is 0.909 bits per heavy atom. The number of amides is 1. The van der Waals surface area contributed by atoms with E-state index in [-0.39, 0.29) is 27.8 Å². The van der Waals surface area contributed by atoms with Crippen molar-refractivity contribution in [2.75, 3.05) is 26.6 Å². The van der Waals surface area contributed by atoms with Crippen molar-refractivity contribution >= 4 is 34.4 Å². The van der Waals surface area contributed by atoms with E-state index < -0.39 is 5.91 Å². The second-order valence-corrected chi connectivity index (χ2v) is 7.45. The zero-order valence-electron chi connectivity index (χ0n) is 18.1. The van der Waals surface area contributed by atoms with E-state index in [0.29, 0.717) is 33.4 Å². The van der Waals surface area contributed by atoms with Gasteiger partial charge in [-0.05, 0) is 48.0 Å². The quantitative estimate of drug-likeness (QED) is 0.410. The number of fused-ring (bicyclic) bond motifs is 1. The molecule has 0 radical (unpaired) electrons. The van der Waals surface area contributed by atoms with Gasteiger partial charge in [0.2, 0.25) is 17.1 Å². The van der Waals surface area contributed by atoms with Gasteiger partial charge in [0, 0.05) is 10.6 Å². The topological polar surface area (TPSA) is 87.0 Å². The van der Waals surface area contributed by atoms with Crippen molar-refractivity contribution in [3.05, 3.63) is 81.5 Å². The molecule has 7 nitrogen and oxygen atoms in total. The first-order valence-corrected chi connectivity index (χ1v) is 10.3. The Kier molecular flexibility index (Phi) is 6.24. The van der Waals surface area contributed by atoms with E-state index >= 15 is 0 Å². The normalized spacial score (nSPS) is 10.7. The summed E-state index contributed by atoms with van der Waals surface area (Å²) in [7, 11) is 4.43. The van der Waals surface area contributed by atoms with Gasteiger partial charge < -0.3 is 18.6 Å². The molecule has 1 amide bonds. The molecule has 8 heteroatoms. The van der Waals surface area contributed by atoms with Crippen molar-refractivity contribution in [2.45, 2.75) is 0 Å². The largest absolute Gasteiger partial charge is 0.493 e. The molecular weight excluding hydrogens is 446 g/mol. The van der Waals surface area contributed by atoms with Gasteiger partial charge in [-0.3, -0.25) is 14.9 Å². The lowest BCUT2D eigenvalue weighted by molar-refractivity contribution is 0.102. The third kappa shape index (κ3) is 4.23. The number of hydrogen-bond donors (Lipinski definition) is 1. The van der Waals surface area contributed by atoms with Crippen LogP contribution in [-0.2, 0) is 0 Å². The van der Waals surface area contributed by atoms with E-state index in [1.54, 1.807) is 54.6 Å². The van der Waals surface area contributed by atoms with Gasteiger partial charge in [-0.25, -0.2) is 0 Å². The molecule has 0 bridgehead atoms. The second kappa shape index (κ2) is 9.26. The van der Waals surface area contributed by atoms with Crippen molar-refractivity contribution in [2.24, 2.45) is 0 Å². The number of carbonyl (C=O) groups excluding carboxylic acids is 1. The first-order chi connectivity index (χ1) is 16.0. The molecule has 1 N–H and O–H groups in total. The number of carbonyl (C=O) groups is 1. The fourth-order valence-corrected chi connectivity index (χ4v) is 3.68. The number of halogens is 1. The highest BCUT2D eigenvalue weighted by atomic mass is 35.5. The third-order valence-corrected chi connectivity index (χ3v) is 5.30. The van der Waals surface area contributed by atoms with Crippen LogP contribution in [0.15, 0.2) is 69.9 Å². The second-order valence-electron chi connectivity index (χ2n) is 7.01. The average Bonchev–Trinajstić information content (AvgIpc) is 2.84. The molecule has 0 spiro atoms. The van der Waals surface area contributed by atoms with Gasteiger partial charge in [-0.2, -0.15) is 0 Å². The Hall–Kier alpha value is -3.97. The standard InChI is InChI=1S/C25H20ClNO6/c1-30-19-11-15(12-20(31-2)23(19)32-3)21-22(28)17-13-16(26)9-10-18(17)33-25(21)27-24(29)14-7-5-4-6-8-14/h4-13H,1-3H3,(H,27,29). The fourth-order valence-electron chi connectivity index (χ4n) is 3.51. The highest BCUT2D eigenvalue weighted by Crippen LogP contribution is 2.42.